The van der Waals surface area contributed by atoms with Crippen LogP contribution < -0.4 is 29.2 Å². The minimum absolute atomic E-state index is 0.0613. The molecule has 202 valence electrons. The Morgan fingerprint density at radius 1 is 0.875 bits per heavy atom. The van der Waals surface area contributed by atoms with E-state index in [4.69, 9.17) is 23.7 Å². The Morgan fingerprint density at radius 2 is 1.52 bits per heavy atom. The molecule has 1 N–H and O–H groups in total. The monoisotopic (exact) mass is 558 g/mol. The van der Waals surface area contributed by atoms with Gasteiger partial charge in [0.2, 0.25) is 13.6 Å². The van der Waals surface area contributed by atoms with Crippen LogP contribution in [0.5, 0.6) is 28.7 Å². The number of H-pyrrole nitrogens is 1. The van der Waals surface area contributed by atoms with Gasteiger partial charge in [-0.2, -0.15) is 0 Å². The summed E-state index contributed by atoms with van der Waals surface area (Å²) in [5, 5.41) is 0.356. The molecule has 0 fully saturated rings. The normalized spacial score (nSPS) is 12.8. The molecule has 11 heteroatoms. The summed E-state index contributed by atoms with van der Waals surface area (Å²) in [4.78, 5) is 45.2. The highest BCUT2D eigenvalue weighted by Crippen LogP contribution is 2.34. The summed E-state index contributed by atoms with van der Waals surface area (Å²) in [6.45, 7) is 2.01. The van der Waals surface area contributed by atoms with Crippen LogP contribution in [0.15, 0.2) is 70.6 Å². The second-order valence-corrected chi connectivity index (χ2v) is 9.97. The largest absolute Gasteiger partial charge is 0.454 e. The first-order chi connectivity index (χ1) is 19.4. The van der Waals surface area contributed by atoms with E-state index in [-0.39, 0.29) is 30.7 Å². The molecule has 0 spiro atoms. The average molecular weight is 559 g/mol. The van der Waals surface area contributed by atoms with Crippen molar-refractivity contribution in [3.05, 3.63) is 99.0 Å². The number of nitrogens with one attached hydrogen (secondary N) is 1. The molecule has 0 radical (unpaired) electrons. The van der Waals surface area contributed by atoms with E-state index in [1.165, 1.54) is 0 Å². The molecule has 0 bridgehead atoms. The number of carbonyl (C=O) groups is 2. The minimum atomic E-state index is -0.557. The van der Waals surface area contributed by atoms with Gasteiger partial charge in [-0.15, -0.1) is 0 Å². The van der Waals surface area contributed by atoms with Crippen LogP contribution >= 0.6 is 11.8 Å². The van der Waals surface area contributed by atoms with Crippen molar-refractivity contribution >= 4 is 23.5 Å². The zero-order chi connectivity index (χ0) is 27.6. The van der Waals surface area contributed by atoms with Gasteiger partial charge in [-0.05, 0) is 67.1 Å². The molecule has 0 atom stereocenters. The number of fused-ring (bicyclic) bond motifs is 2. The molecule has 40 heavy (non-hydrogen) atoms. The Labute approximate surface area is 232 Å². The maximum absolute atomic E-state index is 12.8. The highest BCUT2D eigenvalue weighted by molar-refractivity contribution is 7.99. The number of thioether (sulfide) groups is 1. The number of nitrogens with zero attached hydrogens (tertiary/aromatic N) is 1. The van der Waals surface area contributed by atoms with Crippen molar-refractivity contribution in [1.29, 1.82) is 0 Å². The number of hydrogen-bond donors (Lipinski definition) is 1. The quantitative estimate of drug-likeness (QED) is 0.110. The topological polar surface area (TPSA) is 126 Å². The fraction of sp³-hybridized carbons (Fsp3) is 0.172. The molecular weight excluding hydrogens is 536 g/mol. The molecule has 2 aliphatic heterocycles. The van der Waals surface area contributed by atoms with Crippen LogP contribution in [0, 0.1) is 6.92 Å². The van der Waals surface area contributed by atoms with Crippen molar-refractivity contribution in [3.8, 4) is 28.7 Å². The summed E-state index contributed by atoms with van der Waals surface area (Å²) in [5.74, 6) is 2.04. The summed E-state index contributed by atoms with van der Waals surface area (Å²) < 4.78 is 26.8. The van der Waals surface area contributed by atoms with Gasteiger partial charge >= 0.3 is 5.97 Å². The molecular formula is C29H22N2O8S. The second-order valence-electron chi connectivity index (χ2n) is 9.00. The lowest BCUT2D eigenvalue weighted by molar-refractivity contribution is 0.0734. The molecule has 0 amide bonds. The van der Waals surface area contributed by atoms with Gasteiger partial charge in [0, 0.05) is 17.5 Å². The van der Waals surface area contributed by atoms with Crippen LogP contribution in [0.4, 0.5) is 0 Å². The third kappa shape index (κ3) is 5.36. The molecule has 0 saturated heterocycles. The molecule has 0 unspecified atom stereocenters. The Bertz CT molecular complexity index is 1680. The molecule has 3 aromatic carbocycles. The number of ketones is 1. The lowest BCUT2D eigenvalue weighted by Crippen LogP contribution is -2.16. The van der Waals surface area contributed by atoms with Crippen molar-refractivity contribution < 1.29 is 33.3 Å². The van der Waals surface area contributed by atoms with Crippen LogP contribution in [0.25, 0.3) is 0 Å². The number of Topliss-reactive ketones (excluding diaryl/α,β-unsaturated/α-hetero) is 1. The number of benzene rings is 3. The van der Waals surface area contributed by atoms with E-state index in [0.717, 1.165) is 17.3 Å². The lowest BCUT2D eigenvalue weighted by atomic mass is 10.1. The highest BCUT2D eigenvalue weighted by atomic mass is 32.2. The van der Waals surface area contributed by atoms with E-state index in [1.807, 2.05) is 18.2 Å². The second kappa shape index (κ2) is 10.8. The van der Waals surface area contributed by atoms with E-state index in [9.17, 15) is 14.4 Å². The predicted molar refractivity (Wildman–Crippen MR) is 144 cm³/mol. The van der Waals surface area contributed by atoms with Crippen LogP contribution in [0.3, 0.4) is 0 Å². The first kappa shape index (κ1) is 25.5. The molecule has 1 aromatic heterocycles. The Kier molecular flexibility index (Phi) is 6.87. The predicted octanol–water partition coefficient (Wildman–Crippen LogP) is 4.32. The van der Waals surface area contributed by atoms with Crippen LogP contribution in [0.1, 0.15) is 37.5 Å². The number of carbonyl (C=O) groups excluding carboxylic acids is 2. The first-order valence-corrected chi connectivity index (χ1v) is 13.3. The van der Waals surface area contributed by atoms with Crippen LogP contribution in [0.2, 0.25) is 0 Å². The van der Waals surface area contributed by atoms with E-state index in [1.54, 1.807) is 49.4 Å². The number of esters is 1. The summed E-state index contributed by atoms with van der Waals surface area (Å²) in [5.41, 5.74) is 2.56. The Hall–Kier alpha value is -4.77. The number of aromatic amines is 1. The third-order valence-electron chi connectivity index (χ3n) is 6.37. The lowest BCUT2D eigenvalue weighted by Gasteiger charge is -2.09. The van der Waals surface area contributed by atoms with Gasteiger partial charge in [0.15, 0.2) is 33.9 Å². The van der Waals surface area contributed by atoms with Crippen molar-refractivity contribution in [1.82, 2.24) is 9.97 Å². The smallest absolute Gasteiger partial charge is 0.343 e. The number of aromatic nitrogens is 2. The van der Waals surface area contributed by atoms with Crippen molar-refractivity contribution in [3.63, 3.8) is 0 Å². The fourth-order valence-corrected chi connectivity index (χ4v) is 4.93. The van der Waals surface area contributed by atoms with Gasteiger partial charge < -0.3 is 28.7 Å². The van der Waals surface area contributed by atoms with Gasteiger partial charge in [-0.1, -0.05) is 17.8 Å². The first-order valence-electron chi connectivity index (χ1n) is 12.3. The van der Waals surface area contributed by atoms with E-state index in [0.29, 0.717) is 62.7 Å². The summed E-state index contributed by atoms with van der Waals surface area (Å²) in [6, 6.07) is 16.7. The van der Waals surface area contributed by atoms with Gasteiger partial charge in [0.1, 0.15) is 5.75 Å². The molecule has 3 heterocycles. The maximum Gasteiger partial charge on any atom is 0.343 e. The number of rotatable bonds is 8. The van der Waals surface area contributed by atoms with Crippen LogP contribution in [-0.2, 0) is 6.42 Å². The van der Waals surface area contributed by atoms with Crippen molar-refractivity contribution in [2.24, 2.45) is 0 Å². The molecule has 0 saturated carbocycles. The zero-order valence-corrected chi connectivity index (χ0v) is 22.0. The van der Waals surface area contributed by atoms with E-state index < -0.39 is 5.97 Å². The van der Waals surface area contributed by atoms with Crippen molar-refractivity contribution in [2.75, 3.05) is 19.3 Å². The summed E-state index contributed by atoms with van der Waals surface area (Å²) in [7, 11) is 0. The Morgan fingerprint density at radius 3 is 2.27 bits per heavy atom. The SMILES string of the molecule is Cc1c(Cc2ccc3c(c2)OCO3)nc(SCC(=O)c2ccc(OC(=O)c3ccc4c(c3)OCO4)cc2)[nH]c1=O. The number of ether oxygens (including phenoxy) is 5. The molecule has 6 rings (SSSR count). The van der Waals surface area contributed by atoms with Gasteiger partial charge in [0.05, 0.1) is 17.0 Å². The molecule has 4 aromatic rings. The molecule has 0 aliphatic carbocycles. The fourth-order valence-electron chi connectivity index (χ4n) is 4.16. The van der Waals surface area contributed by atoms with Gasteiger partial charge in [-0.3, -0.25) is 9.59 Å². The summed E-state index contributed by atoms with van der Waals surface area (Å²) >= 11 is 1.14. The third-order valence-corrected chi connectivity index (χ3v) is 7.25. The Balaban J connectivity index is 1.08. The zero-order valence-electron chi connectivity index (χ0n) is 21.2. The number of hydrogen-bond acceptors (Lipinski definition) is 10. The van der Waals surface area contributed by atoms with Crippen LogP contribution in [-0.4, -0.2) is 41.1 Å². The maximum atomic E-state index is 12.8. The van der Waals surface area contributed by atoms with Gasteiger partial charge in [0.25, 0.3) is 5.56 Å². The molecule has 10 nitrogen and oxygen atoms in total. The minimum Gasteiger partial charge on any atom is -0.454 e. The van der Waals surface area contributed by atoms with E-state index >= 15 is 0 Å². The standard InChI is InChI=1S/C29H22N2O8S/c1-16-21(10-17-2-8-23-25(11-17)37-14-35-23)30-29(31-27(16)33)40-13-22(32)18-3-6-20(7-4-18)39-28(34)19-5-9-24-26(12-19)38-15-36-24/h2-9,11-12H,10,13-15H2,1H3,(H,30,31,33). The average Bonchev–Trinajstić information content (AvgIpc) is 3.63. The van der Waals surface area contributed by atoms with E-state index in [2.05, 4.69) is 9.97 Å². The van der Waals surface area contributed by atoms with Crippen molar-refractivity contribution in [2.45, 2.75) is 18.5 Å². The summed E-state index contributed by atoms with van der Waals surface area (Å²) in [6.07, 6.45) is 0.431. The highest BCUT2D eigenvalue weighted by Gasteiger charge is 2.19. The van der Waals surface area contributed by atoms with Gasteiger partial charge in [-0.25, -0.2) is 9.78 Å². The molecule has 2 aliphatic rings.